The molecule has 0 atom stereocenters. The highest BCUT2D eigenvalue weighted by atomic mass is 19.1. The summed E-state index contributed by atoms with van der Waals surface area (Å²) in [6.07, 6.45) is 6.58. The molecule has 0 unspecified atom stereocenters. The number of carbonyl (C=O) groups excluding carboxylic acids is 2. The van der Waals surface area contributed by atoms with Crippen molar-refractivity contribution in [3.8, 4) is 5.75 Å². The van der Waals surface area contributed by atoms with Gasteiger partial charge in [0.25, 0.3) is 0 Å². The SMILES string of the molecule is CNC(=O)/C=C(\C)c1ccc(OCc2ccc(CN3CCC4(CC3)OCc3cc(F)ncc34)cc2)cc1.CNC(=O)C=C(C)C. The van der Waals surface area contributed by atoms with E-state index in [9.17, 15) is 14.0 Å². The molecule has 1 saturated heterocycles. The van der Waals surface area contributed by atoms with Crippen molar-refractivity contribution in [3.05, 3.63) is 112 Å². The summed E-state index contributed by atoms with van der Waals surface area (Å²) in [5.74, 6) is 0.196. The fourth-order valence-corrected chi connectivity index (χ4v) is 5.44. The molecule has 5 rings (SSSR count). The van der Waals surface area contributed by atoms with Crippen molar-refractivity contribution in [1.29, 1.82) is 0 Å². The Morgan fingerprint density at radius 1 is 0.956 bits per heavy atom. The Hall–Kier alpha value is -4.34. The first kappa shape index (κ1) is 33.6. The smallest absolute Gasteiger partial charge is 0.244 e. The molecule has 3 aromatic rings. The largest absolute Gasteiger partial charge is 0.489 e. The van der Waals surface area contributed by atoms with E-state index in [1.54, 1.807) is 32.4 Å². The quantitative estimate of drug-likeness (QED) is 0.251. The second-order valence-corrected chi connectivity index (χ2v) is 11.6. The van der Waals surface area contributed by atoms with Crippen LogP contribution in [0.25, 0.3) is 5.57 Å². The lowest BCUT2D eigenvalue weighted by molar-refractivity contribution is -0.116. The van der Waals surface area contributed by atoms with Crippen LogP contribution in [-0.4, -0.2) is 48.9 Å². The zero-order valence-electron chi connectivity index (χ0n) is 26.8. The number of fused-ring (bicyclic) bond motifs is 2. The first-order valence-corrected chi connectivity index (χ1v) is 15.2. The standard InChI is InChI=1S/C30H32FN3O3.C6H11NO/c1-21(15-29(35)32-2)24-7-9-26(10-8-24)36-19-23-5-3-22(4-6-23)18-34-13-11-30(12-14-34)27-17-33-28(31)16-25(27)20-37-30;1-5(2)4-6(8)7-3/h3-10,15-17H,11-14,18-20H2,1-2H3,(H,32,35);4H,1-3H3,(H,7,8)/b21-15+;. The van der Waals surface area contributed by atoms with Gasteiger partial charge in [-0.2, -0.15) is 4.39 Å². The van der Waals surface area contributed by atoms with E-state index in [4.69, 9.17) is 9.47 Å². The lowest BCUT2D eigenvalue weighted by Crippen LogP contribution is -2.42. The Kier molecular flexibility index (Phi) is 11.6. The lowest BCUT2D eigenvalue weighted by atomic mass is 9.84. The van der Waals surface area contributed by atoms with Crippen LogP contribution in [0, 0.1) is 5.95 Å². The number of hydrogen-bond donors (Lipinski definition) is 2. The average molecular weight is 615 g/mol. The molecule has 0 saturated carbocycles. The summed E-state index contributed by atoms with van der Waals surface area (Å²) in [7, 11) is 3.23. The van der Waals surface area contributed by atoms with Crippen molar-refractivity contribution in [3.63, 3.8) is 0 Å². The summed E-state index contributed by atoms with van der Waals surface area (Å²) < 4.78 is 25.6. The predicted molar refractivity (Wildman–Crippen MR) is 174 cm³/mol. The first-order valence-electron chi connectivity index (χ1n) is 15.2. The molecular weight excluding hydrogens is 571 g/mol. The summed E-state index contributed by atoms with van der Waals surface area (Å²) in [6, 6.07) is 17.8. The normalized spacial score (nSPS) is 15.4. The van der Waals surface area contributed by atoms with Crippen molar-refractivity contribution >= 4 is 17.4 Å². The summed E-state index contributed by atoms with van der Waals surface area (Å²) in [5.41, 5.74) is 6.95. The number of carbonyl (C=O) groups is 2. The number of pyridine rings is 1. The molecule has 8 nitrogen and oxygen atoms in total. The topological polar surface area (TPSA) is 92.8 Å². The first-order chi connectivity index (χ1) is 21.6. The third-order valence-corrected chi connectivity index (χ3v) is 8.02. The van der Waals surface area contributed by atoms with Crippen molar-refractivity contribution < 1.29 is 23.5 Å². The molecule has 9 heteroatoms. The van der Waals surface area contributed by atoms with Gasteiger partial charge in [-0.05, 0) is 79.6 Å². The molecule has 45 heavy (non-hydrogen) atoms. The molecule has 1 fully saturated rings. The van der Waals surface area contributed by atoms with Gasteiger partial charge in [-0.3, -0.25) is 14.5 Å². The Balaban J connectivity index is 0.000000510. The third kappa shape index (κ3) is 9.33. The number of hydrogen-bond acceptors (Lipinski definition) is 6. The van der Waals surface area contributed by atoms with E-state index in [2.05, 4.69) is 44.8 Å². The van der Waals surface area contributed by atoms with Crippen molar-refractivity contribution in [1.82, 2.24) is 20.5 Å². The van der Waals surface area contributed by atoms with Crippen LogP contribution in [-0.2, 0) is 39.7 Å². The van der Waals surface area contributed by atoms with Gasteiger partial charge in [-0.25, -0.2) is 4.98 Å². The number of halogens is 1. The molecule has 1 spiro atoms. The molecule has 3 heterocycles. The van der Waals surface area contributed by atoms with Gasteiger partial charge in [0.05, 0.1) is 12.2 Å². The maximum absolute atomic E-state index is 13.5. The zero-order chi connectivity index (χ0) is 32.4. The van der Waals surface area contributed by atoms with Crippen LogP contribution < -0.4 is 15.4 Å². The van der Waals surface area contributed by atoms with E-state index in [0.29, 0.717) is 13.2 Å². The van der Waals surface area contributed by atoms with Crippen molar-refractivity contribution in [2.24, 2.45) is 0 Å². The second kappa shape index (κ2) is 15.6. The van der Waals surface area contributed by atoms with Crippen LogP contribution in [0.4, 0.5) is 4.39 Å². The van der Waals surface area contributed by atoms with Gasteiger partial charge in [0.15, 0.2) is 0 Å². The van der Waals surface area contributed by atoms with Gasteiger partial charge in [0, 0.05) is 57.6 Å². The van der Waals surface area contributed by atoms with E-state index in [1.165, 1.54) is 11.6 Å². The fourth-order valence-electron chi connectivity index (χ4n) is 5.44. The second-order valence-electron chi connectivity index (χ2n) is 11.6. The van der Waals surface area contributed by atoms with Gasteiger partial charge in [0.2, 0.25) is 17.8 Å². The summed E-state index contributed by atoms with van der Waals surface area (Å²) >= 11 is 0. The maximum atomic E-state index is 13.5. The Morgan fingerprint density at radius 3 is 2.18 bits per heavy atom. The minimum Gasteiger partial charge on any atom is -0.489 e. The van der Waals surface area contributed by atoms with Gasteiger partial charge in [-0.1, -0.05) is 42.0 Å². The molecule has 2 N–H and O–H groups in total. The highest BCUT2D eigenvalue weighted by Gasteiger charge is 2.43. The number of likely N-dealkylation sites (N-methyl/N-ethyl adjacent to an activating group) is 2. The lowest BCUT2D eigenvalue weighted by Gasteiger charge is -2.39. The number of amides is 2. The molecule has 0 aliphatic carbocycles. The van der Waals surface area contributed by atoms with Crippen LogP contribution in [0.1, 0.15) is 61.4 Å². The number of aromatic nitrogens is 1. The molecule has 2 amide bonds. The van der Waals surface area contributed by atoms with E-state index in [0.717, 1.165) is 71.6 Å². The highest BCUT2D eigenvalue weighted by Crippen LogP contribution is 2.44. The number of rotatable bonds is 8. The van der Waals surface area contributed by atoms with E-state index >= 15 is 0 Å². The zero-order valence-corrected chi connectivity index (χ0v) is 26.8. The average Bonchev–Trinajstić information content (AvgIpc) is 3.38. The van der Waals surface area contributed by atoms with E-state index in [-0.39, 0.29) is 17.4 Å². The molecule has 2 aliphatic heterocycles. The van der Waals surface area contributed by atoms with Crippen LogP contribution >= 0.6 is 0 Å². The number of nitrogens with zero attached hydrogens (tertiary/aromatic N) is 2. The van der Waals surface area contributed by atoms with Gasteiger partial charge >= 0.3 is 0 Å². The molecular formula is C36H43FN4O4. The number of nitrogens with one attached hydrogen (secondary N) is 2. The van der Waals surface area contributed by atoms with Crippen LogP contribution in [0.3, 0.4) is 0 Å². The number of allylic oxidation sites excluding steroid dienone is 2. The van der Waals surface area contributed by atoms with Gasteiger partial charge in [-0.15, -0.1) is 0 Å². The summed E-state index contributed by atoms with van der Waals surface area (Å²) in [4.78, 5) is 28.3. The molecule has 1 aromatic heterocycles. The van der Waals surface area contributed by atoms with Crippen molar-refractivity contribution in [2.75, 3.05) is 27.2 Å². The molecule has 0 bridgehead atoms. The van der Waals surface area contributed by atoms with Crippen LogP contribution in [0.2, 0.25) is 0 Å². The minimum atomic E-state index is -0.439. The number of ether oxygens (including phenoxy) is 2. The monoisotopic (exact) mass is 614 g/mol. The molecule has 2 aliphatic rings. The Labute approximate surface area is 265 Å². The summed E-state index contributed by atoms with van der Waals surface area (Å²) in [5, 5.41) is 5.08. The number of piperidine rings is 1. The number of likely N-dealkylation sites (tertiary alicyclic amines) is 1. The highest BCUT2D eigenvalue weighted by molar-refractivity contribution is 5.94. The fraction of sp³-hybridized carbons (Fsp3) is 0.361. The Bertz CT molecular complexity index is 1520. The molecule has 0 radical (unpaired) electrons. The van der Waals surface area contributed by atoms with Gasteiger partial charge in [0.1, 0.15) is 12.4 Å². The molecule has 238 valence electrons. The number of benzene rings is 2. The van der Waals surface area contributed by atoms with E-state index in [1.807, 2.05) is 45.0 Å². The summed E-state index contributed by atoms with van der Waals surface area (Å²) in [6.45, 7) is 9.38. The molecule has 2 aromatic carbocycles. The maximum Gasteiger partial charge on any atom is 0.244 e. The predicted octanol–water partition coefficient (Wildman–Crippen LogP) is 5.67. The van der Waals surface area contributed by atoms with Crippen molar-refractivity contribution in [2.45, 2.75) is 59.0 Å². The van der Waals surface area contributed by atoms with Gasteiger partial charge < -0.3 is 20.1 Å². The van der Waals surface area contributed by atoms with Crippen LogP contribution in [0.5, 0.6) is 5.75 Å². The minimum absolute atomic E-state index is 0.0370. The Morgan fingerprint density at radius 2 is 1.58 bits per heavy atom. The van der Waals surface area contributed by atoms with E-state index < -0.39 is 5.95 Å². The third-order valence-electron chi connectivity index (χ3n) is 8.02. The van der Waals surface area contributed by atoms with Crippen LogP contribution in [0.15, 0.2) is 78.5 Å².